The second kappa shape index (κ2) is 29.6. The predicted molar refractivity (Wildman–Crippen MR) is 132 cm³/mol. The molecular weight excluding hydrogens is 766 g/mol. The Hall–Kier alpha value is -2.80. The van der Waals surface area contributed by atoms with Crippen LogP contribution in [0.4, 0.5) is 0 Å². The molecule has 4 aromatic rings. The summed E-state index contributed by atoms with van der Waals surface area (Å²) in [5.41, 5.74) is 13.9. The van der Waals surface area contributed by atoms with Crippen LogP contribution in [0.25, 0.3) is 22.1 Å². The maximum Gasteiger partial charge on any atom is 2.00 e. The molecule has 24 heteroatoms. The van der Waals surface area contributed by atoms with Crippen molar-refractivity contribution in [3.8, 4) is 0 Å². The van der Waals surface area contributed by atoms with Gasteiger partial charge in [0.2, 0.25) is 0 Å². The first kappa shape index (κ1) is 52.7. The van der Waals surface area contributed by atoms with E-state index in [2.05, 4.69) is 29.9 Å². The Balaban J connectivity index is -0.000000154. The molecule has 0 aliphatic rings. The van der Waals surface area contributed by atoms with Crippen molar-refractivity contribution >= 4 is 33.9 Å². The molecule has 0 atom stereocenters. The molecule has 2 radical (unpaired) electrons. The van der Waals surface area contributed by atoms with E-state index < -0.39 is 32.3 Å². The number of benzene rings is 2. The van der Waals surface area contributed by atoms with Crippen LogP contribution in [0.2, 0.25) is 0 Å². The molecule has 0 saturated carbocycles. The summed E-state index contributed by atoms with van der Waals surface area (Å²) in [6, 6.07) is 15.6. The second-order valence-electron chi connectivity index (χ2n) is 6.80. The molecule has 0 fully saturated rings. The van der Waals surface area contributed by atoms with Crippen molar-refractivity contribution in [2.75, 3.05) is 26.2 Å². The average molecular weight is 797 g/mol. The van der Waals surface area contributed by atoms with Gasteiger partial charge in [-0.1, -0.05) is 24.3 Å². The van der Waals surface area contributed by atoms with E-state index in [1.54, 1.807) is 24.8 Å². The second-order valence-corrected chi connectivity index (χ2v) is 8.31. The molecule has 2 aromatic carbocycles. The minimum Gasteiger partial charge on any atom is -0.858 e. The Morgan fingerprint density at radius 2 is 0.717 bits per heavy atom. The Bertz CT molecular complexity index is 1130. The number of aromatic nitrogens is 4. The molecule has 0 spiro atoms. The van der Waals surface area contributed by atoms with Crippen molar-refractivity contribution < 1.29 is 113 Å². The van der Waals surface area contributed by atoms with E-state index >= 15 is 0 Å². The minimum atomic E-state index is -4.94. The fourth-order valence-corrected chi connectivity index (χ4v) is 2.29. The molecular formula is C22H30Cl2Cu2N8O12+2. The molecule has 0 aliphatic heterocycles. The van der Waals surface area contributed by atoms with Crippen molar-refractivity contribution in [1.82, 2.24) is 19.9 Å². The molecule has 20 nitrogen and oxygen atoms in total. The van der Waals surface area contributed by atoms with E-state index in [-0.39, 0.29) is 71.3 Å². The molecule has 4 rings (SSSR count). The first-order chi connectivity index (χ1) is 19.7. The average Bonchev–Trinajstić information content (AvgIpc) is 2.93. The summed E-state index contributed by atoms with van der Waals surface area (Å²) in [7, 11) is -9.89. The van der Waals surface area contributed by atoms with E-state index in [1.165, 1.54) is 0 Å². The summed E-state index contributed by atoms with van der Waals surface area (Å²) < 4.78 is 67.9. The standard InChI is InChI=1S/2C8H6N2.C6H14N4O2.2ClHO4.2Cu.2H2O/c2*1-2-4-8-7(3-1)9-5-6-10-8;7-1-3-9-5(11)6(12)10-4-2-8;2*2-1(3,4)5;;;;/h2*1-6H;1-4,7-8H2,(H,9,11)(H,10,12);2*(H,2,3,4,5);;;2*1H2/q;;;;;2*+2;;/p-2. The van der Waals surface area contributed by atoms with E-state index in [9.17, 15) is 10.2 Å². The summed E-state index contributed by atoms with van der Waals surface area (Å²) in [4.78, 5) is 23.2. The predicted octanol–water partition coefficient (Wildman–Crippen LogP) is -11.7. The summed E-state index contributed by atoms with van der Waals surface area (Å²) in [6.07, 6.45) is 6.79. The van der Waals surface area contributed by atoms with Gasteiger partial charge in [0.1, 0.15) is 0 Å². The number of para-hydroxylation sites is 4. The molecule has 264 valence electrons. The minimum absolute atomic E-state index is 0. The third-order valence-corrected chi connectivity index (χ3v) is 3.70. The van der Waals surface area contributed by atoms with Crippen LogP contribution in [0.3, 0.4) is 0 Å². The fraction of sp³-hybridized carbons (Fsp3) is 0.182. The molecule has 0 amide bonds. The molecule has 10 N–H and O–H groups in total. The maximum atomic E-state index is 10.7. The SMILES string of the molecule is NCCN=C([O-])C([O-])=NCCN.[Cu+2].[Cu+2].[O-][Cl+3]([O-])([O-])[O-].[O-][Cl+3]([O-])([O-])[O-].[OH3+].[OH3+].c1ccc2nccnc2c1.c1ccc2nccnc2c1. The van der Waals surface area contributed by atoms with Gasteiger partial charge in [-0.05, 0) is 36.1 Å². The van der Waals surface area contributed by atoms with Crippen LogP contribution in [0.15, 0.2) is 83.3 Å². The van der Waals surface area contributed by atoms with Crippen LogP contribution in [0, 0.1) is 20.5 Å². The third-order valence-electron chi connectivity index (χ3n) is 3.70. The zero-order valence-corrected chi connectivity index (χ0v) is 26.6. The third kappa shape index (κ3) is 32.6. The molecule has 46 heavy (non-hydrogen) atoms. The van der Waals surface area contributed by atoms with Crippen molar-refractivity contribution in [2.24, 2.45) is 21.5 Å². The van der Waals surface area contributed by atoms with Gasteiger partial charge in [-0.2, -0.15) is 0 Å². The number of fused-ring (bicyclic) bond motifs is 2. The monoisotopic (exact) mass is 794 g/mol. The van der Waals surface area contributed by atoms with Gasteiger partial charge in [0, 0.05) is 37.9 Å². The zero-order valence-electron chi connectivity index (χ0n) is 23.2. The normalized spacial score (nSPS) is 10.5. The largest absolute Gasteiger partial charge is 2.00 e. The molecule has 0 aliphatic carbocycles. The fourth-order valence-electron chi connectivity index (χ4n) is 2.29. The zero-order chi connectivity index (χ0) is 32.0. The van der Waals surface area contributed by atoms with Crippen LogP contribution in [-0.4, -0.2) is 57.9 Å². The number of hydrogen-bond donors (Lipinski definition) is 2. The van der Waals surface area contributed by atoms with E-state index in [1.807, 2.05) is 48.5 Å². The summed E-state index contributed by atoms with van der Waals surface area (Å²) in [5, 5.41) is 21.4. The quantitative estimate of drug-likeness (QED) is 0.0838. The molecule has 2 aromatic heterocycles. The summed E-state index contributed by atoms with van der Waals surface area (Å²) in [6.45, 7) is 0.803. The van der Waals surface area contributed by atoms with E-state index in [0.29, 0.717) is 0 Å². The number of nitrogens with two attached hydrogens (primary N) is 2. The van der Waals surface area contributed by atoms with Gasteiger partial charge >= 0.3 is 34.1 Å². The van der Waals surface area contributed by atoms with E-state index in [4.69, 9.17) is 48.7 Å². The van der Waals surface area contributed by atoms with Gasteiger partial charge in [0.15, 0.2) is 0 Å². The summed E-state index contributed by atoms with van der Waals surface area (Å²) in [5.74, 6) is -1.71. The molecule has 0 unspecified atom stereocenters. The van der Waals surface area contributed by atoms with Crippen LogP contribution in [0.5, 0.6) is 0 Å². The Labute approximate surface area is 286 Å². The maximum absolute atomic E-state index is 10.7. The number of halogens is 2. The first-order valence-electron chi connectivity index (χ1n) is 11.0. The van der Waals surface area contributed by atoms with E-state index in [0.717, 1.165) is 22.1 Å². The first-order valence-corrected chi connectivity index (χ1v) is 13.5. The molecule has 0 saturated heterocycles. The van der Waals surface area contributed by atoms with Gasteiger partial charge in [-0.25, -0.2) is 37.3 Å². The van der Waals surface area contributed by atoms with Crippen LogP contribution in [0.1, 0.15) is 0 Å². The van der Waals surface area contributed by atoms with Gasteiger partial charge in [0.05, 0.1) is 35.2 Å². The Morgan fingerprint density at radius 1 is 0.522 bits per heavy atom. The summed E-state index contributed by atoms with van der Waals surface area (Å²) >= 11 is 0. The topological polar surface area (TPSA) is 425 Å². The smallest absolute Gasteiger partial charge is 0.858 e. The molecule has 2 heterocycles. The number of nitrogens with zero attached hydrogens (tertiary/aromatic N) is 6. The van der Waals surface area contributed by atoms with Crippen molar-refractivity contribution in [3.63, 3.8) is 0 Å². The van der Waals surface area contributed by atoms with Crippen molar-refractivity contribution in [3.05, 3.63) is 73.3 Å². The number of hydrogen-bond acceptors (Lipinski definition) is 18. The Morgan fingerprint density at radius 3 is 0.891 bits per heavy atom. The van der Waals surface area contributed by atoms with Crippen LogP contribution < -0.4 is 59.0 Å². The number of rotatable bonds is 4. The molecule has 0 bridgehead atoms. The van der Waals surface area contributed by atoms with Gasteiger partial charge in [-0.3, -0.25) is 29.9 Å². The van der Waals surface area contributed by atoms with Gasteiger partial charge in [0.25, 0.3) is 0 Å². The van der Waals surface area contributed by atoms with Crippen LogP contribution in [-0.2, 0) is 45.1 Å². The van der Waals surface area contributed by atoms with Crippen molar-refractivity contribution in [2.45, 2.75) is 0 Å². The van der Waals surface area contributed by atoms with Gasteiger partial charge < -0.3 is 32.6 Å². The van der Waals surface area contributed by atoms with Gasteiger partial charge in [-0.15, -0.1) is 20.5 Å². The Kier molecular flexibility index (Phi) is 33.9. The van der Waals surface area contributed by atoms with Crippen LogP contribution >= 0.6 is 0 Å². The number of aliphatic imine (C=N–C) groups is 2. The van der Waals surface area contributed by atoms with Crippen molar-refractivity contribution in [1.29, 1.82) is 0 Å².